The lowest BCUT2D eigenvalue weighted by Crippen LogP contribution is -2.45. The van der Waals surface area contributed by atoms with Crippen LogP contribution in [0.15, 0.2) is 47.0 Å². The summed E-state index contributed by atoms with van der Waals surface area (Å²) in [5.74, 6) is 2.75. The van der Waals surface area contributed by atoms with Crippen LogP contribution in [0.3, 0.4) is 0 Å². The number of halogens is 1. The van der Waals surface area contributed by atoms with Crippen molar-refractivity contribution < 1.29 is 18.4 Å². The molecule has 8 heteroatoms. The van der Waals surface area contributed by atoms with Crippen molar-refractivity contribution in [1.29, 1.82) is 0 Å². The molecule has 0 radical (unpaired) electrons. The Morgan fingerprint density at radius 1 is 1.17 bits per heavy atom. The van der Waals surface area contributed by atoms with Gasteiger partial charge < -0.3 is 24.2 Å². The van der Waals surface area contributed by atoms with Crippen molar-refractivity contribution in [3.05, 3.63) is 69.9 Å². The summed E-state index contributed by atoms with van der Waals surface area (Å²) in [6.45, 7) is 13.5. The highest BCUT2D eigenvalue weighted by atomic mass is 35.5. The van der Waals surface area contributed by atoms with Gasteiger partial charge >= 0.3 is 0 Å². The van der Waals surface area contributed by atoms with Gasteiger partial charge in [0.05, 0.1) is 0 Å². The minimum absolute atomic E-state index is 0.0778. The van der Waals surface area contributed by atoms with Gasteiger partial charge in [-0.2, -0.15) is 0 Å². The molecule has 0 saturated heterocycles. The Morgan fingerprint density at radius 2 is 1.94 bits per heavy atom. The average Bonchev–Trinajstić information content (AvgIpc) is 3.24. The molecule has 194 valence electrons. The van der Waals surface area contributed by atoms with Gasteiger partial charge in [-0.1, -0.05) is 57.5 Å². The van der Waals surface area contributed by atoms with E-state index in [0.29, 0.717) is 31.1 Å². The summed E-state index contributed by atoms with van der Waals surface area (Å²) >= 11 is 6.42. The van der Waals surface area contributed by atoms with Crippen LogP contribution in [0.5, 0.6) is 17.4 Å². The van der Waals surface area contributed by atoms with E-state index in [2.05, 4.69) is 52.0 Å². The van der Waals surface area contributed by atoms with Crippen molar-refractivity contribution in [3.63, 3.8) is 0 Å². The third kappa shape index (κ3) is 5.90. The van der Waals surface area contributed by atoms with Gasteiger partial charge in [0, 0.05) is 35.2 Å². The lowest BCUT2D eigenvalue weighted by molar-refractivity contribution is 0.141. The van der Waals surface area contributed by atoms with E-state index >= 15 is 0 Å². The summed E-state index contributed by atoms with van der Waals surface area (Å²) in [7, 11) is -1.99. The second kappa shape index (κ2) is 10.5. The van der Waals surface area contributed by atoms with Crippen molar-refractivity contribution in [1.82, 2.24) is 5.16 Å². The molecule has 1 aliphatic rings. The molecule has 0 fully saturated rings. The second-order valence-corrected chi connectivity index (χ2v) is 16.1. The molecule has 0 amide bonds. The normalized spacial score (nSPS) is 17.9. The molecule has 1 aromatic heterocycles. The standard InChI is InChI=1S/C28H37ClN2O4Si/c1-7-18-9-8-10-23(29)22(18)17-32-20-12-11-19-13-24(30)26(33-25(19)14-20)15-21-16-27(31-34-21)35-36(5,6)28(2,3)4/h8-12,14,16,24,26H,7,13,15,17,30H2,1-6H3. The van der Waals surface area contributed by atoms with E-state index in [1.807, 2.05) is 36.4 Å². The molecule has 0 saturated carbocycles. The van der Waals surface area contributed by atoms with E-state index < -0.39 is 8.32 Å². The minimum atomic E-state index is -1.99. The lowest BCUT2D eigenvalue weighted by atomic mass is 9.95. The van der Waals surface area contributed by atoms with E-state index in [-0.39, 0.29) is 17.2 Å². The van der Waals surface area contributed by atoms with Gasteiger partial charge in [0.25, 0.3) is 8.32 Å². The van der Waals surface area contributed by atoms with Crippen molar-refractivity contribution in [2.45, 2.75) is 83.8 Å². The smallest absolute Gasteiger partial charge is 0.252 e. The number of aromatic nitrogens is 1. The molecule has 2 N–H and O–H groups in total. The van der Waals surface area contributed by atoms with Gasteiger partial charge in [-0.05, 0) is 59.4 Å². The van der Waals surface area contributed by atoms with Crippen LogP contribution in [0.2, 0.25) is 23.2 Å². The van der Waals surface area contributed by atoms with Crippen molar-refractivity contribution >= 4 is 19.9 Å². The molecule has 0 bridgehead atoms. The molecule has 2 aromatic carbocycles. The lowest BCUT2D eigenvalue weighted by Gasteiger charge is -2.35. The zero-order valence-electron chi connectivity index (χ0n) is 22.1. The Bertz CT molecular complexity index is 1200. The van der Waals surface area contributed by atoms with E-state index in [4.69, 9.17) is 35.8 Å². The number of rotatable bonds is 8. The fourth-order valence-electron chi connectivity index (χ4n) is 4.03. The third-order valence-corrected chi connectivity index (χ3v) is 12.0. The summed E-state index contributed by atoms with van der Waals surface area (Å²) in [4.78, 5) is 0. The number of aryl methyl sites for hydroxylation is 1. The van der Waals surface area contributed by atoms with Gasteiger partial charge in [-0.15, -0.1) is 0 Å². The van der Waals surface area contributed by atoms with Crippen LogP contribution in [0.25, 0.3) is 0 Å². The predicted molar refractivity (Wildman–Crippen MR) is 146 cm³/mol. The summed E-state index contributed by atoms with van der Waals surface area (Å²) in [6, 6.07) is 13.6. The van der Waals surface area contributed by atoms with Crippen LogP contribution in [0.4, 0.5) is 0 Å². The summed E-state index contributed by atoms with van der Waals surface area (Å²) in [5, 5.41) is 4.95. The molecule has 1 aliphatic heterocycles. The quantitative estimate of drug-likeness (QED) is 0.326. The molecule has 2 unspecified atom stereocenters. The highest BCUT2D eigenvalue weighted by Gasteiger charge is 2.40. The number of ether oxygens (including phenoxy) is 2. The molecule has 0 spiro atoms. The molecule has 2 heterocycles. The van der Waals surface area contributed by atoms with E-state index in [0.717, 1.165) is 34.1 Å². The first-order valence-corrected chi connectivity index (χ1v) is 15.8. The number of benzene rings is 2. The number of hydrogen-bond donors (Lipinski definition) is 1. The Labute approximate surface area is 220 Å². The van der Waals surface area contributed by atoms with Crippen LogP contribution in [0.1, 0.15) is 50.1 Å². The molecule has 0 aliphatic carbocycles. The van der Waals surface area contributed by atoms with Crippen LogP contribution < -0.4 is 19.6 Å². The predicted octanol–water partition coefficient (Wildman–Crippen LogP) is 6.73. The first-order valence-electron chi connectivity index (χ1n) is 12.6. The average molecular weight is 529 g/mol. The number of hydrogen-bond acceptors (Lipinski definition) is 6. The Hall–Kier alpha value is -2.48. The summed E-state index contributed by atoms with van der Waals surface area (Å²) in [6.07, 6.45) is 1.89. The first-order chi connectivity index (χ1) is 17.0. The van der Waals surface area contributed by atoms with Crippen molar-refractivity contribution in [3.8, 4) is 17.4 Å². The van der Waals surface area contributed by atoms with Crippen LogP contribution >= 0.6 is 11.6 Å². The molecular weight excluding hydrogens is 492 g/mol. The van der Waals surface area contributed by atoms with E-state index in [1.165, 1.54) is 5.56 Å². The van der Waals surface area contributed by atoms with E-state index in [9.17, 15) is 0 Å². The van der Waals surface area contributed by atoms with E-state index in [1.54, 1.807) is 0 Å². The van der Waals surface area contributed by atoms with Gasteiger partial charge in [-0.25, -0.2) is 0 Å². The van der Waals surface area contributed by atoms with Crippen molar-refractivity contribution in [2.75, 3.05) is 0 Å². The maximum Gasteiger partial charge on any atom is 0.252 e. The van der Waals surface area contributed by atoms with Gasteiger partial charge in [0.15, 0.2) is 0 Å². The SMILES string of the molecule is CCc1cccc(Cl)c1COc1ccc2c(c1)OC(Cc1cc(O[Si](C)(C)C(C)(C)C)no1)C(N)C2. The highest BCUT2D eigenvalue weighted by molar-refractivity contribution is 6.74. The number of nitrogens with zero attached hydrogens (tertiary/aromatic N) is 1. The van der Waals surface area contributed by atoms with Gasteiger partial charge in [0.2, 0.25) is 5.88 Å². The minimum Gasteiger partial charge on any atom is -0.529 e. The maximum atomic E-state index is 6.47. The number of fused-ring (bicyclic) bond motifs is 1. The fourth-order valence-corrected chi connectivity index (χ4v) is 5.21. The summed E-state index contributed by atoms with van der Waals surface area (Å²) < 4.78 is 24.3. The van der Waals surface area contributed by atoms with Gasteiger partial charge in [-0.3, -0.25) is 0 Å². The summed E-state index contributed by atoms with van der Waals surface area (Å²) in [5.41, 5.74) is 9.74. The third-order valence-electron chi connectivity index (χ3n) is 7.34. The number of nitrogens with two attached hydrogens (primary N) is 1. The molecule has 2 atom stereocenters. The zero-order chi connectivity index (χ0) is 26.1. The largest absolute Gasteiger partial charge is 0.529 e. The molecule has 4 rings (SSSR count). The van der Waals surface area contributed by atoms with Crippen LogP contribution in [0, 0.1) is 0 Å². The second-order valence-electron chi connectivity index (χ2n) is 11.0. The topological polar surface area (TPSA) is 79.7 Å². The molecule has 36 heavy (non-hydrogen) atoms. The zero-order valence-corrected chi connectivity index (χ0v) is 23.8. The first kappa shape index (κ1) is 26.6. The highest BCUT2D eigenvalue weighted by Crippen LogP contribution is 2.38. The molecule has 6 nitrogen and oxygen atoms in total. The van der Waals surface area contributed by atoms with Gasteiger partial charge in [0.1, 0.15) is 30.0 Å². The van der Waals surface area contributed by atoms with Crippen molar-refractivity contribution in [2.24, 2.45) is 5.73 Å². The van der Waals surface area contributed by atoms with Crippen LogP contribution in [-0.4, -0.2) is 25.6 Å². The van der Waals surface area contributed by atoms with Crippen LogP contribution in [-0.2, 0) is 25.9 Å². The Kier molecular flexibility index (Phi) is 7.74. The Balaban J connectivity index is 1.43. The maximum absolute atomic E-state index is 6.47. The Morgan fingerprint density at radius 3 is 2.67 bits per heavy atom. The molecule has 3 aromatic rings. The molecular formula is C28H37ClN2O4Si. The monoisotopic (exact) mass is 528 g/mol. The fraction of sp³-hybridized carbons (Fsp3) is 0.464.